The molecule has 0 spiro atoms. The number of carboxylic acid groups (broad SMARTS) is 2. The molecule has 0 aromatic carbocycles. The highest BCUT2D eigenvalue weighted by atomic mass is 16.4. The molecule has 42 heavy (non-hydrogen) atoms. The second kappa shape index (κ2) is 38.6. The van der Waals surface area contributed by atoms with Crippen LogP contribution in [0.4, 0.5) is 0 Å². The van der Waals surface area contributed by atoms with Gasteiger partial charge in [0.2, 0.25) is 0 Å². The number of unbranched alkanes of at least 4 members (excludes halogenated alkanes) is 18. The van der Waals surface area contributed by atoms with Gasteiger partial charge in [-0.15, -0.1) is 0 Å². The van der Waals surface area contributed by atoms with Crippen LogP contribution in [0.5, 0.6) is 0 Å². The van der Waals surface area contributed by atoms with Crippen molar-refractivity contribution in [3.8, 4) is 0 Å². The summed E-state index contributed by atoms with van der Waals surface area (Å²) in [6.45, 7) is 4.50. The first-order valence-corrected chi connectivity index (χ1v) is 17.3. The largest absolute Gasteiger partial charge is 0.481 e. The van der Waals surface area contributed by atoms with Gasteiger partial charge < -0.3 is 10.2 Å². The third kappa shape index (κ3) is 44.7. The van der Waals surface area contributed by atoms with Crippen LogP contribution in [0, 0.1) is 0 Å². The predicted octanol–water partition coefficient (Wildman–Crippen LogP) is 12.3. The summed E-state index contributed by atoms with van der Waals surface area (Å²) in [5.74, 6) is -1.58. The van der Waals surface area contributed by atoms with E-state index in [1.165, 1.54) is 115 Å². The quantitative estimate of drug-likeness (QED) is 0.0395. The second-order valence-electron chi connectivity index (χ2n) is 11.2. The Bertz CT molecular complexity index is 715. The molecule has 2 N–H and O–H groups in total. The van der Waals surface area contributed by atoms with Crippen molar-refractivity contribution in [1.29, 1.82) is 0 Å². The van der Waals surface area contributed by atoms with Crippen LogP contribution in [0.1, 0.15) is 168 Å². The molecular weight excluding hydrogens is 520 g/mol. The van der Waals surface area contributed by atoms with Gasteiger partial charge in [0.25, 0.3) is 0 Å². The van der Waals surface area contributed by atoms with E-state index in [9.17, 15) is 9.59 Å². The van der Waals surface area contributed by atoms with Crippen LogP contribution < -0.4 is 0 Å². The number of carboxylic acids is 2. The van der Waals surface area contributed by atoms with Gasteiger partial charge in [0.15, 0.2) is 0 Å². The molecule has 4 heteroatoms. The zero-order valence-electron chi connectivity index (χ0n) is 27.5. The molecule has 0 amide bonds. The third-order valence-corrected chi connectivity index (χ3v) is 6.99. The fraction of sp³-hybridized carbons (Fsp3) is 0.684. The summed E-state index contributed by atoms with van der Waals surface area (Å²) < 4.78 is 0. The van der Waals surface area contributed by atoms with Crippen LogP contribution in [0.25, 0.3) is 0 Å². The minimum Gasteiger partial charge on any atom is -0.481 e. The molecule has 0 aliphatic carbocycles. The molecule has 0 saturated carbocycles. The van der Waals surface area contributed by atoms with Crippen LogP contribution in [0.3, 0.4) is 0 Å². The van der Waals surface area contributed by atoms with E-state index in [4.69, 9.17) is 10.2 Å². The van der Waals surface area contributed by atoms with Gasteiger partial charge in [0.1, 0.15) is 0 Å². The Kier molecular flexibility index (Phi) is 38.4. The lowest BCUT2D eigenvalue weighted by molar-refractivity contribution is -0.137. The SMILES string of the molecule is CCCCC/C=C/C/C=C/C/C=C/CCCCC(=O)O.CCCCCCCCCCCCCCC/C=C/C=C/C(=O)O. The molecule has 0 rings (SSSR count). The third-order valence-electron chi connectivity index (χ3n) is 6.99. The molecule has 0 aliphatic rings. The number of aliphatic carboxylic acids is 2. The van der Waals surface area contributed by atoms with E-state index in [1.54, 1.807) is 6.08 Å². The van der Waals surface area contributed by atoms with Gasteiger partial charge in [0.05, 0.1) is 0 Å². The molecule has 0 atom stereocenters. The van der Waals surface area contributed by atoms with E-state index in [1.807, 2.05) is 6.08 Å². The lowest BCUT2D eigenvalue weighted by Crippen LogP contribution is -1.92. The Labute approximate surface area is 260 Å². The topological polar surface area (TPSA) is 74.6 Å². The van der Waals surface area contributed by atoms with Crippen LogP contribution in [-0.2, 0) is 9.59 Å². The summed E-state index contributed by atoms with van der Waals surface area (Å²) >= 11 is 0. The number of rotatable bonds is 29. The van der Waals surface area contributed by atoms with E-state index in [0.717, 1.165) is 38.5 Å². The number of hydrogen-bond acceptors (Lipinski definition) is 2. The van der Waals surface area contributed by atoms with E-state index >= 15 is 0 Å². The van der Waals surface area contributed by atoms with Gasteiger partial charge in [-0.25, -0.2) is 4.79 Å². The van der Waals surface area contributed by atoms with Crippen LogP contribution >= 0.6 is 0 Å². The summed E-state index contributed by atoms with van der Waals surface area (Å²) in [5.41, 5.74) is 0. The van der Waals surface area contributed by atoms with Gasteiger partial charge in [0, 0.05) is 12.5 Å². The van der Waals surface area contributed by atoms with Crippen LogP contribution in [0.2, 0.25) is 0 Å². The summed E-state index contributed by atoms with van der Waals surface area (Å²) in [5, 5.41) is 16.9. The Morgan fingerprint density at radius 2 is 0.833 bits per heavy atom. The van der Waals surface area contributed by atoms with Crippen LogP contribution in [-0.4, -0.2) is 22.2 Å². The standard InChI is InChI=1S/C20H36O2.C18H30O2/c1-2-3-4-5-6-7-8-9-10-11-12-13-14-15-16-17-18-19-20(21)22;1-2-3-4-5-6-7-8-9-10-11-12-13-14-15-16-17-18(19)20/h16-19H,2-15H2,1H3,(H,21,22);6-7,9-10,12-13H,2-5,8,11,14-17H2,1H3,(H,19,20)/b17-16+,19-18+;7-6+,10-9+,13-12+. The monoisotopic (exact) mass is 586 g/mol. The zero-order chi connectivity index (χ0) is 31.2. The molecule has 0 aliphatic heterocycles. The zero-order valence-corrected chi connectivity index (χ0v) is 27.5. The van der Waals surface area contributed by atoms with Gasteiger partial charge in [-0.3, -0.25) is 4.79 Å². The summed E-state index contributed by atoms with van der Waals surface area (Å²) in [4.78, 5) is 20.5. The van der Waals surface area contributed by atoms with Crippen LogP contribution in [0.15, 0.2) is 60.8 Å². The van der Waals surface area contributed by atoms with E-state index < -0.39 is 11.9 Å². The maximum Gasteiger partial charge on any atom is 0.328 e. The molecule has 4 nitrogen and oxygen atoms in total. The smallest absolute Gasteiger partial charge is 0.328 e. The van der Waals surface area contributed by atoms with Crippen molar-refractivity contribution in [1.82, 2.24) is 0 Å². The normalized spacial score (nSPS) is 11.9. The Hall–Kier alpha value is -2.36. The van der Waals surface area contributed by atoms with E-state index in [-0.39, 0.29) is 0 Å². The Morgan fingerprint density at radius 1 is 0.452 bits per heavy atom. The van der Waals surface area contributed by atoms with Crippen molar-refractivity contribution in [2.75, 3.05) is 0 Å². The number of allylic oxidation sites excluding steroid dienone is 9. The second-order valence-corrected chi connectivity index (χ2v) is 11.2. The van der Waals surface area contributed by atoms with Crippen molar-refractivity contribution in [3.05, 3.63) is 60.8 Å². The molecule has 0 bridgehead atoms. The van der Waals surface area contributed by atoms with Crippen molar-refractivity contribution in [2.45, 2.75) is 168 Å². The molecule has 0 fully saturated rings. The molecule has 0 aromatic rings. The van der Waals surface area contributed by atoms with Gasteiger partial charge in [-0.05, 0) is 57.8 Å². The molecule has 0 unspecified atom stereocenters. The molecule has 0 saturated heterocycles. The van der Waals surface area contributed by atoms with Crippen molar-refractivity contribution in [3.63, 3.8) is 0 Å². The van der Waals surface area contributed by atoms with Gasteiger partial charge >= 0.3 is 11.9 Å². The Balaban J connectivity index is 0. The maximum absolute atomic E-state index is 10.3. The van der Waals surface area contributed by atoms with Gasteiger partial charge in [-0.1, -0.05) is 158 Å². The first kappa shape index (κ1) is 41.8. The Morgan fingerprint density at radius 3 is 1.31 bits per heavy atom. The highest BCUT2D eigenvalue weighted by Gasteiger charge is 1.94. The highest BCUT2D eigenvalue weighted by Crippen LogP contribution is 2.13. The minimum absolute atomic E-state index is 0.290. The first-order valence-electron chi connectivity index (χ1n) is 17.3. The highest BCUT2D eigenvalue weighted by molar-refractivity contribution is 5.80. The van der Waals surface area contributed by atoms with Crippen molar-refractivity contribution >= 4 is 11.9 Å². The number of hydrogen-bond donors (Lipinski definition) is 2. The fourth-order valence-electron chi connectivity index (χ4n) is 4.42. The van der Waals surface area contributed by atoms with Gasteiger partial charge in [-0.2, -0.15) is 0 Å². The predicted molar refractivity (Wildman–Crippen MR) is 183 cm³/mol. The van der Waals surface area contributed by atoms with Crippen molar-refractivity contribution < 1.29 is 19.8 Å². The molecular formula is C38H66O4. The van der Waals surface area contributed by atoms with Crippen molar-refractivity contribution in [2.24, 2.45) is 0 Å². The summed E-state index contributed by atoms with van der Waals surface area (Å²) in [7, 11) is 0. The fourth-order valence-corrected chi connectivity index (χ4v) is 4.42. The average Bonchev–Trinajstić information content (AvgIpc) is 2.97. The molecule has 0 radical (unpaired) electrons. The average molecular weight is 587 g/mol. The first-order chi connectivity index (χ1) is 20.5. The lowest BCUT2D eigenvalue weighted by Gasteiger charge is -2.02. The lowest BCUT2D eigenvalue weighted by atomic mass is 10.0. The van der Waals surface area contributed by atoms with E-state index in [2.05, 4.69) is 56.4 Å². The number of carbonyl (C=O) groups is 2. The molecule has 242 valence electrons. The summed E-state index contributed by atoms with van der Waals surface area (Å²) in [6, 6.07) is 0. The summed E-state index contributed by atoms with van der Waals surface area (Å²) in [6.07, 6.45) is 49.0. The van der Waals surface area contributed by atoms with E-state index in [0.29, 0.717) is 6.42 Å². The minimum atomic E-state index is -0.884. The molecule has 0 heterocycles. The maximum atomic E-state index is 10.3. The molecule has 0 aromatic heterocycles.